The molecule has 1 aliphatic heterocycles. The van der Waals surface area contributed by atoms with Crippen molar-refractivity contribution in [2.45, 2.75) is 19.4 Å². The molecule has 0 saturated heterocycles. The van der Waals surface area contributed by atoms with E-state index in [1.165, 1.54) is 35.6 Å². The van der Waals surface area contributed by atoms with Crippen molar-refractivity contribution >= 4 is 33.0 Å². The van der Waals surface area contributed by atoms with Gasteiger partial charge in [0.1, 0.15) is 28.1 Å². The Kier molecular flexibility index (Phi) is 5.61. The van der Waals surface area contributed by atoms with Crippen molar-refractivity contribution in [1.82, 2.24) is 10.3 Å². The molecule has 4 aromatic rings. The molecule has 4 nitrogen and oxygen atoms in total. The highest BCUT2D eigenvalue weighted by molar-refractivity contribution is 7.21. The summed E-state index contributed by atoms with van der Waals surface area (Å²) in [4.78, 5) is 18.3. The van der Waals surface area contributed by atoms with Crippen LogP contribution in [0.4, 0.5) is 13.2 Å². The maximum absolute atomic E-state index is 13.9. The van der Waals surface area contributed by atoms with Crippen molar-refractivity contribution in [3.05, 3.63) is 88.7 Å². The highest BCUT2D eigenvalue weighted by Crippen LogP contribution is 2.41. The summed E-state index contributed by atoms with van der Waals surface area (Å²) in [5.41, 5.74) is 3.22. The molecule has 1 amide bonds. The van der Waals surface area contributed by atoms with E-state index >= 15 is 0 Å². The molecule has 0 spiro atoms. The minimum atomic E-state index is -0.694. The van der Waals surface area contributed by atoms with E-state index in [1.807, 2.05) is 0 Å². The number of allylic oxidation sites excluding steroid dienone is 1. The number of amides is 1. The number of halogens is 3. The van der Waals surface area contributed by atoms with E-state index in [1.54, 1.807) is 25.3 Å². The number of benzene rings is 2. The number of carbonyl (C=O) groups is 1. The molecule has 2 aromatic heterocycles. The van der Waals surface area contributed by atoms with Gasteiger partial charge in [0.2, 0.25) is 0 Å². The van der Waals surface area contributed by atoms with Crippen LogP contribution in [0.1, 0.15) is 40.2 Å². The molecular weight excluding hydrogens is 461 g/mol. The smallest absolute Gasteiger partial charge is 0.262 e. The van der Waals surface area contributed by atoms with Gasteiger partial charge in [-0.2, -0.15) is 0 Å². The number of fused-ring (bicyclic) bond motifs is 2. The number of aromatic nitrogens is 1. The third-order valence-corrected chi connectivity index (χ3v) is 6.91. The minimum Gasteiger partial charge on any atom is -0.493 e. The third kappa shape index (κ3) is 3.94. The lowest BCUT2D eigenvalue weighted by Gasteiger charge is -2.26. The Morgan fingerprint density at radius 1 is 1.12 bits per heavy atom. The molecule has 5 rings (SSSR count). The van der Waals surface area contributed by atoms with Gasteiger partial charge in [-0.1, -0.05) is 6.58 Å². The average molecular weight is 481 g/mol. The molecule has 172 valence electrons. The molecule has 2 aromatic carbocycles. The number of nitrogens with zero attached hydrogens (tertiary/aromatic N) is 1. The van der Waals surface area contributed by atoms with Crippen LogP contribution < -0.4 is 10.1 Å². The Labute approximate surface area is 197 Å². The van der Waals surface area contributed by atoms with Crippen molar-refractivity contribution < 1.29 is 22.7 Å². The zero-order chi connectivity index (χ0) is 24.0. The molecule has 0 radical (unpaired) electrons. The van der Waals surface area contributed by atoms with Crippen LogP contribution in [0.15, 0.2) is 55.2 Å². The van der Waals surface area contributed by atoms with Gasteiger partial charge in [0.25, 0.3) is 5.91 Å². The Morgan fingerprint density at radius 3 is 2.62 bits per heavy atom. The van der Waals surface area contributed by atoms with Crippen molar-refractivity contribution in [2.75, 3.05) is 6.61 Å². The van der Waals surface area contributed by atoms with Gasteiger partial charge < -0.3 is 10.1 Å². The monoisotopic (exact) mass is 480 g/mol. The number of thiophene rings is 1. The third-order valence-electron chi connectivity index (χ3n) is 5.70. The topological polar surface area (TPSA) is 51.2 Å². The molecule has 34 heavy (non-hydrogen) atoms. The second-order valence-electron chi connectivity index (χ2n) is 8.13. The lowest BCUT2D eigenvalue weighted by molar-refractivity contribution is 0.0928. The molecule has 0 aliphatic carbocycles. The minimum absolute atomic E-state index is 0.347. The van der Waals surface area contributed by atoms with Crippen molar-refractivity contribution in [3.8, 4) is 16.9 Å². The number of nitrogens with one attached hydrogen (secondary N) is 1. The van der Waals surface area contributed by atoms with E-state index < -0.39 is 23.5 Å². The summed E-state index contributed by atoms with van der Waals surface area (Å²) in [6.45, 7) is 6.17. The van der Waals surface area contributed by atoms with Crippen LogP contribution in [0, 0.1) is 17.5 Å². The second-order valence-corrected chi connectivity index (χ2v) is 9.15. The van der Waals surface area contributed by atoms with Gasteiger partial charge in [-0.3, -0.25) is 9.78 Å². The van der Waals surface area contributed by atoms with E-state index in [0.717, 1.165) is 6.07 Å². The second kappa shape index (κ2) is 8.61. The first kappa shape index (κ1) is 22.2. The molecule has 0 unspecified atom stereocenters. The van der Waals surface area contributed by atoms with Gasteiger partial charge in [-0.05, 0) is 54.5 Å². The molecule has 8 heteroatoms. The Hall–Kier alpha value is -3.65. The quantitative estimate of drug-likeness (QED) is 0.355. The van der Waals surface area contributed by atoms with E-state index in [9.17, 15) is 18.0 Å². The highest BCUT2D eigenvalue weighted by atomic mass is 32.1. The lowest BCUT2D eigenvalue weighted by atomic mass is 9.99. The number of hydrogen-bond donors (Lipinski definition) is 1. The summed E-state index contributed by atoms with van der Waals surface area (Å²) >= 11 is 1.18. The highest BCUT2D eigenvalue weighted by Gasteiger charge is 2.28. The van der Waals surface area contributed by atoms with Crippen LogP contribution >= 0.6 is 11.3 Å². The maximum atomic E-state index is 13.9. The number of rotatable bonds is 4. The summed E-state index contributed by atoms with van der Waals surface area (Å²) in [7, 11) is 0. The first-order chi connectivity index (χ1) is 16.3. The first-order valence-electron chi connectivity index (χ1n) is 10.6. The van der Waals surface area contributed by atoms with E-state index in [2.05, 4.69) is 16.9 Å². The summed E-state index contributed by atoms with van der Waals surface area (Å²) in [6, 6.07) is 8.75. The van der Waals surface area contributed by atoms with Gasteiger partial charge in [0, 0.05) is 35.4 Å². The predicted octanol–water partition coefficient (Wildman–Crippen LogP) is 6.67. The number of pyridine rings is 1. The summed E-state index contributed by atoms with van der Waals surface area (Å²) in [5, 5.41) is 2.99. The standard InChI is InChI=1S/C26H19F3N2O2S/c1-13(2)22-23-24(18(5-7-30-23)14-9-16(28)11-17(29)10-14)34-25(22)26(32)31-20-6-8-33-21-4-3-15(27)12-19(20)21/h3-5,7,9-12,20H,1,6,8H2,2H3,(H,31,32)/t20-/m0/s1. The van der Waals surface area contributed by atoms with Crippen LogP contribution in [0.5, 0.6) is 5.75 Å². The molecule has 0 saturated carbocycles. The van der Waals surface area contributed by atoms with Gasteiger partial charge in [-0.25, -0.2) is 13.2 Å². The normalized spacial score (nSPS) is 15.0. The van der Waals surface area contributed by atoms with Crippen LogP contribution in [0.2, 0.25) is 0 Å². The Bertz CT molecular complexity index is 1440. The summed E-state index contributed by atoms with van der Waals surface area (Å²) in [6.07, 6.45) is 2.03. The first-order valence-corrected chi connectivity index (χ1v) is 11.4. The van der Waals surface area contributed by atoms with E-state index in [-0.39, 0.29) is 5.91 Å². The molecule has 1 N–H and O–H groups in total. The summed E-state index contributed by atoms with van der Waals surface area (Å²) < 4.78 is 47.9. The van der Waals surface area contributed by atoms with Crippen LogP contribution in [0.3, 0.4) is 0 Å². The van der Waals surface area contributed by atoms with Crippen LogP contribution in [-0.2, 0) is 0 Å². The van der Waals surface area contributed by atoms with Crippen LogP contribution in [-0.4, -0.2) is 17.5 Å². The lowest BCUT2D eigenvalue weighted by Crippen LogP contribution is -2.32. The van der Waals surface area contributed by atoms with Crippen molar-refractivity contribution in [1.29, 1.82) is 0 Å². The zero-order valence-electron chi connectivity index (χ0n) is 18.1. The van der Waals surface area contributed by atoms with Gasteiger partial charge in [0.05, 0.1) is 22.9 Å². The SMILES string of the molecule is C=C(C)c1c(C(=O)N[C@H]2CCOc3ccc(F)cc32)sc2c(-c3cc(F)cc(F)c3)ccnc12. The van der Waals surface area contributed by atoms with Gasteiger partial charge in [-0.15, -0.1) is 11.3 Å². The fourth-order valence-electron chi connectivity index (χ4n) is 4.22. The largest absolute Gasteiger partial charge is 0.493 e. The fourth-order valence-corrected chi connectivity index (χ4v) is 5.50. The van der Waals surface area contributed by atoms with E-state index in [0.29, 0.717) is 61.7 Å². The van der Waals surface area contributed by atoms with E-state index in [4.69, 9.17) is 4.74 Å². The number of hydrogen-bond acceptors (Lipinski definition) is 4. The van der Waals surface area contributed by atoms with Crippen LogP contribution in [0.25, 0.3) is 26.9 Å². The summed E-state index contributed by atoms with van der Waals surface area (Å²) in [5.74, 6) is -1.63. The predicted molar refractivity (Wildman–Crippen MR) is 126 cm³/mol. The van der Waals surface area contributed by atoms with Crippen molar-refractivity contribution in [3.63, 3.8) is 0 Å². The Balaban J connectivity index is 1.59. The maximum Gasteiger partial charge on any atom is 0.262 e. The molecule has 3 heterocycles. The average Bonchev–Trinajstić information content (AvgIpc) is 3.19. The number of carbonyl (C=O) groups excluding carboxylic acids is 1. The van der Waals surface area contributed by atoms with Gasteiger partial charge in [0.15, 0.2) is 0 Å². The number of ether oxygens (including phenoxy) is 1. The molecular formula is C26H19F3N2O2S. The molecule has 1 aliphatic rings. The molecule has 0 fully saturated rings. The molecule has 1 atom stereocenters. The Morgan fingerprint density at radius 2 is 1.88 bits per heavy atom. The zero-order valence-corrected chi connectivity index (χ0v) is 18.9. The molecule has 0 bridgehead atoms. The van der Waals surface area contributed by atoms with Crippen molar-refractivity contribution in [2.24, 2.45) is 0 Å². The fraction of sp³-hybridized carbons (Fsp3) is 0.154. The van der Waals surface area contributed by atoms with Gasteiger partial charge >= 0.3 is 0 Å².